The minimum Gasteiger partial charge on any atom is -0.307 e. The number of hydrazone groups is 1. The molecule has 0 saturated heterocycles. The summed E-state index contributed by atoms with van der Waals surface area (Å²) >= 11 is 0. The zero-order chi connectivity index (χ0) is 19.4. The van der Waals surface area contributed by atoms with Crippen LogP contribution in [0.1, 0.15) is 83.4 Å². The van der Waals surface area contributed by atoms with Crippen molar-refractivity contribution in [3.8, 4) is 0 Å². The summed E-state index contributed by atoms with van der Waals surface area (Å²) in [5, 5.41) is 4.96. The average Bonchev–Trinajstić information content (AvgIpc) is 2.64. The van der Waals surface area contributed by atoms with Crippen LogP contribution in [-0.2, 0) is 5.41 Å². The van der Waals surface area contributed by atoms with Crippen LogP contribution in [0.2, 0.25) is 0 Å². The van der Waals surface area contributed by atoms with E-state index in [1.165, 1.54) is 28.8 Å². The van der Waals surface area contributed by atoms with E-state index in [9.17, 15) is 0 Å². The van der Waals surface area contributed by atoms with Gasteiger partial charge < -0.3 is 5.43 Å². The zero-order valence-electron chi connectivity index (χ0n) is 17.6. The van der Waals surface area contributed by atoms with Crippen molar-refractivity contribution in [2.45, 2.75) is 83.7 Å². The van der Waals surface area contributed by atoms with Crippen LogP contribution in [0.5, 0.6) is 0 Å². The second-order valence-electron chi connectivity index (χ2n) is 9.10. The second kappa shape index (κ2) is 6.32. The first-order valence-electron chi connectivity index (χ1n) is 10.6. The van der Waals surface area contributed by atoms with Gasteiger partial charge in [-0.2, -0.15) is 5.10 Å². The van der Waals surface area contributed by atoms with Crippen LogP contribution in [0.25, 0.3) is 0 Å². The van der Waals surface area contributed by atoms with E-state index in [0.717, 1.165) is 18.6 Å². The van der Waals surface area contributed by atoms with Crippen molar-refractivity contribution in [3.63, 3.8) is 0 Å². The highest BCUT2D eigenvalue weighted by Gasteiger charge is 2.55. The van der Waals surface area contributed by atoms with E-state index in [-0.39, 0.29) is 11.0 Å². The summed E-state index contributed by atoms with van der Waals surface area (Å²) in [7, 11) is 0. The van der Waals surface area contributed by atoms with Gasteiger partial charge in [0.05, 0.1) is 17.0 Å². The minimum absolute atomic E-state index is 0.00564. The van der Waals surface area contributed by atoms with Gasteiger partial charge in [-0.05, 0) is 57.6 Å². The molecule has 0 saturated carbocycles. The molecule has 0 radical (unpaired) electrons. The Labute approximate surface area is 164 Å². The monoisotopic (exact) mass is 363 g/mol. The third-order valence-corrected chi connectivity index (χ3v) is 6.99. The first-order valence-corrected chi connectivity index (χ1v) is 10.6. The van der Waals surface area contributed by atoms with Crippen molar-refractivity contribution in [2.75, 3.05) is 0 Å². The van der Waals surface area contributed by atoms with Crippen molar-refractivity contribution in [3.05, 3.63) is 47.0 Å². The van der Waals surface area contributed by atoms with Crippen molar-refractivity contribution < 1.29 is 0 Å². The average molecular weight is 364 g/mol. The van der Waals surface area contributed by atoms with E-state index < -0.39 is 0 Å². The van der Waals surface area contributed by atoms with Crippen LogP contribution in [0.4, 0.5) is 0 Å². The molecule has 27 heavy (non-hydrogen) atoms. The van der Waals surface area contributed by atoms with Gasteiger partial charge in [0.15, 0.2) is 0 Å². The molecule has 3 nitrogen and oxygen atoms in total. The lowest BCUT2D eigenvalue weighted by molar-refractivity contribution is 0.336. The Morgan fingerprint density at radius 1 is 1.15 bits per heavy atom. The largest absolute Gasteiger partial charge is 0.307 e. The molecule has 4 rings (SSSR count). The molecule has 0 spiro atoms. The van der Waals surface area contributed by atoms with Gasteiger partial charge >= 0.3 is 0 Å². The van der Waals surface area contributed by atoms with Crippen LogP contribution >= 0.6 is 0 Å². The molecule has 0 amide bonds. The number of nitrogens with one attached hydrogen (secondary N) is 1. The van der Waals surface area contributed by atoms with Crippen LogP contribution in [0, 0.1) is 5.92 Å². The molecule has 1 N–H and O–H groups in total. The third-order valence-electron chi connectivity index (χ3n) is 6.99. The Morgan fingerprint density at radius 3 is 2.52 bits per heavy atom. The molecule has 1 heterocycles. The van der Waals surface area contributed by atoms with Crippen molar-refractivity contribution in [1.82, 2.24) is 5.43 Å². The number of aliphatic imine (C=N–C) groups is 1. The molecule has 1 aromatic rings. The maximum atomic E-state index is 5.35. The molecule has 3 heteroatoms. The first-order chi connectivity index (χ1) is 12.9. The van der Waals surface area contributed by atoms with Crippen LogP contribution in [0.15, 0.2) is 40.4 Å². The molecule has 4 atom stereocenters. The van der Waals surface area contributed by atoms with Gasteiger partial charge in [0.2, 0.25) is 0 Å². The van der Waals surface area contributed by atoms with Gasteiger partial charge in [-0.1, -0.05) is 50.6 Å². The van der Waals surface area contributed by atoms with Crippen LogP contribution in [0.3, 0.4) is 0 Å². The molecule has 2 aliphatic carbocycles. The Balaban J connectivity index is 1.98. The lowest BCUT2D eigenvalue weighted by Gasteiger charge is -2.53. The highest BCUT2D eigenvalue weighted by molar-refractivity contribution is 6.51. The maximum absolute atomic E-state index is 5.35. The van der Waals surface area contributed by atoms with Crippen LogP contribution < -0.4 is 5.43 Å². The smallest absolute Gasteiger partial charge is 0.0899 e. The molecular formula is C24H33N3. The molecule has 3 unspecified atom stereocenters. The van der Waals surface area contributed by atoms with Gasteiger partial charge in [0.1, 0.15) is 0 Å². The summed E-state index contributed by atoms with van der Waals surface area (Å²) in [6.45, 7) is 13.5. The van der Waals surface area contributed by atoms with Gasteiger partial charge in [-0.15, -0.1) is 0 Å². The maximum Gasteiger partial charge on any atom is 0.0899 e. The topological polar surface area (TPSA) is 36.8 Å². The fraction of sp³-hybridized carbons (Fsp3) is 0.583. The van der Waals surface area contributed by atoms with E-state index in [2.05, 4.69) is 77.3 Å². The number of benzene rings is 1. The highest BCUT2D eigenvalue weighted by atomic mass is 15.3. The summed E-state index contributed by atoms with van der Waals surface area (Å²) in [6, 6.07) is 7.24. The predicted octanol–water partition coefficient (Wildman–Crippen LogP) is 5.35. The minimum atomic E-state index is -0.164. The van der Waals surface area contributed by atoms with Crippen molar-refractivity contribution in [1.29, 1.82) is 0 Å². The quantitative estimate of drug-likeness (QED) is 0.555. The molecular weight excluding hydrogens is 330 g/mol. The van der Waals surface area contributed by atoms with Crippen LogP contribution in [-0.4, -0.2) is 23.0 Å². The van der Waals surface area contributed by atoms with Gasteiger partial charge in [-0.25, -0.2) is 0 Å². The van der Waals surface area contributed by atoms with Crippen molar-refractivity contribution in [2.24, 2.45) is 16.0 Å². The summed E-state index contributed by atoms with van der Waals surface area (Å²) in [5.74, 6) is 0.952. The Kier molecular flexibility index (Phi) is 4.32. The standard InChI is InChI=1S/C24H33N3/c1-7-10-18-16(8-2)17-11-9-12-19-20(17)22(21(18)27-26-15(3)4)25-24(6)14-13-23(19,24)5/h9,11-16,18,26H,7-8,10H2,1-6H3/b27-21-/t16-,18?,23?,24?/m1/s1. The van der Waals surface area contributed by atoms with E-state index in [1.54, 1.807) is 0 Å². The third kappa shape index (κ3) is 2.47. The van der Waals surface area contributed by atoms with Crippen molar-refractivity contribution >= 4 is 11.4 Å². The molecule has 0 bridgehead atoms. The van der Waals surface area contributed by atoms with Gasteiger partial charge in [0, 0.05) is 22.9 Å². The van der Waals surface area contributed by atoms with E-state index >= 15 is 0 Å². The molecule has 3 aliphatic rings. The summed E-state index contributed by atoms with van der Waals surface area (Å²) in [4.78, 5) is 5.35. The Hall–Kier alpha value is -1.90. The lowest BCUT2D eigenvalue weighted by Crippen LogP contribution is -2.56. The number of hydrogen-bond acceptors (Lipinski definition) is 3. The molecule has 0 aromatic heterocycles. The van der Waals surface area contributed by atoms with E-state index in [4.69, 9.17) is 10.1 Å². The number of hydrogen-bond donors (Lipinski definition) is 1. The molecule has 1 aliphatic heterocycles. The number of nitrogens with zero attached hydrogens (tertiary/aromatic N) is 2. The fourth-order valence-electron chi connectivity index (χ4n) is 5.21. The van der Waals surface area contributed by atoms with Gasteiger partial charge in [-0.3, -0.25) is 4.99 Å². The first kappa shape index (κ1) is 18.5. The Morgan fingerprint density at radius 2 is 1.93 bits per heavy atom. The summed E-state index contributed by atoms with van der Waals surface area (Å²) < 4.78 is 0. The highest BCUT2D eigenvalue weighted by Crippen LogP contribution is 2.55. The lowest BCUT2D eigenvalue weighted by atomic mass is 9.54. The molecule has 0 fully saturated rings. The normalized spacial score (nSPS) is 34.8. The summed E-state index contributed by atoms with van der Waals surface area (Å²) in [5.41, 5.74) is 9.78. The Bertz CT molecular complexity index is 847. The number of rotatable bonds is 5. The predicted molar refractivity (Wildman–Crippen MR) is 115 cm³/mol. The zero-order valence-corrected chi connectivity index (χ0v) is 17.6. The SMILES string of the molecule is CCCC1/C(=N/NC(C)C)C2=NC3(C)C=CC3(C)c3cccc(c32)[C@H]1CC. The molecule has 144 valence electrons. The van der Waals surface area contributed by atoms with Gasteiger partial charge in [0.25, 0.3) is 0 Å². The van der Waals surface area contributed by atoms with E-state index in [1.807, 2.05) is 0 Å². The second-order valence-corrected chi connectivity index (χ2v) is 9.10. The fourth-order valence-corrected chi connectivity index (χ4v) is 5.21. The number of fused-ring (bicyclic) bond motifs is 2. The molecule has 1 aromatic carbocycles. The summed E-state index contributed by atoms with van der Waals surface area (Å²) in [6.07, 6.45) is 8.07. The van der Waals surface area contributed by atoms with E-state index in [0.29, 0.717) is 17.9 Å².